The van der Waals surface area contributed by atoms with E-state index >= 15 is 0 Å². The lowest BCUT2D eigenvalue weighted by Crippen LogP contribution is -2.49. The molecule has 0 aromatic heterocycles. The second-order valence-electron chi connectivity index (χ2n) is 5.67. The van der Waals surface area contributed by atoms with Gasteiger partial charge in [0, 0.05) is 19.0 Å². The van der Waals surface area contributed by atoms with Gasteiger partial charge in [0.2, 0.25) is 5.91 Å². The molecule has 1 aromatic carbocycles. The van der Waals surface area contributed by atoms with E-state index in [0.717, 1.165) is 19.3 Å². The van der Waals surface area contributed by atoms with Crippen LogP contribution in [0.4, 0.5) is 0 Å². The molecule has 3 rings (SSSR count). The molecule has 4 heteroatoms. The quantitative estimate of drug-likeness (QED) is 0.876. The molecule has 2 atom stereocenters. The van der Waals surface area contributed by atoms with Crippen molar-refractivity contribution in [1.82, 2.24) is 4.90 Å². The first-order chi connectivity index (χ1) is 9.78. The van der Waals surface area contributed by atoms with Gasteiger partial charge in [-0.1, -0.05) is 24.3 Å². The zero-order chi connectivity index (χ0) is 13.9. The molecule has 1 aliphatic carbocycles. The highest BCUT2D eigenvalue weighted by Crippen LogP contribution is 2.27. The highest BCUT2D eigenvalue weighted by Gasteiger charge is 2.31. The van der Waals surface area contributed by atoms with Crippen molar-refractivity contribution in [2.75, 3.05) is 26.3 Å². The number of amides is 1. The van der Waals surface area contributed by atoms with Gasteiger partial charge >= 0.3 is 0 Å². The van der Waals surface area contributed by atoms with E-state index in [2.05, 4.69) is 18.2 Å². The maximum Gasteiger partial charge on any atom is 0.226 e. The number of morpholine rings is 1. The number of aryl methyl sites for hydroxylation is 1. The predicted octanol–water partition coefficient (Wildman–Crippen LogP) is 1.01. The zero-order valence-corrected chi connectivity index (χ0v) is 11.6. The van der Waals surface area contributed by atoms with Crippen LogP contribution in [-0.2, 0) is 22.4 Å². The first-order valence-corrected chi connectivity index (χ1v) is 7.36. The van der Waals surface area contributed by atoms with E-state index in [1.165, 1.54) is 11.1 Å². The molecule has 1 aromatic rings. The van der Waals surface area contributed by atoms with Gasteiger partial charge < -0.3 is 14.7 Å². The van der Waals surface area contributed by atoms with Crippen molar-refractivity contribution in [3.63, 3.8) is 0 Å². The number of benzene rings is 1. The molecule has 1 saturated heterocycles. The van der Waals surface area contributed by atoms with Crippen LogP contribution in [0.25, 0.3) is 0 Å². The molecule has 108 valence electrons. The van der Waals surface area contributed by atoms with Crippen LogP contribution in [0.2, 0.25) is 0 Å². The van der Waals surface area contributed by atoms with E-state index in [1.54, 1.807) is 0 Å². The lowest BCUT2D eigenvalue weighted by Gasteiger charge is -2.35. The summed E-state index contributed by atoms with van der Waals surface area (Å²) in [7, 11) is 0. The van der Waals surface area contributed by atoms with Gasteiger partial charge in [-0.05, 0) is 30.4 Å². The predicted molar refractivity (Wildman–Crippen MR) is 75.4 cm³/mol. The Morgan fingerprint density at radius 1 is 1.35 bits per heavy atom. The molecule has 1 N–H and O–H groups in total. The van der Waals surface area contributed by atoms with Gasteiger partial charge in [0.15, 0.2) is 0 Å². The van der Waals surface area contributed by atoms with Crippen molar-refractivity contribution >= 4 is 5.91 Å². The Bertz CT molecular complexity index is 488. The first kappa shape index (κ1) is 13.6. The minimum absolute atomic E-state index is 0.0166. The van der Waals surface area contributed by atoms with Crippen molar-refractivity contribution in [3.05, 3.63) is 35.4 Å². The molecule has 1 aliphatic heterocycles. The standard InChI is InChI=1S/C16H21NO3/c18-11-15-10-17(7-8-20-15)16(19)14-6-5-12-3-1-2-4-13(12)9-14/h1-4,14-15,18H,5-11H2. The van der Waals surface area contributed by atoms with E-state index in [-0.39, 0.29) is 24.5 Å². The average Bonchev–Trinajstić information content (AvgIpc) is 2.53. The van der Waals surface area contributed by atoms with Gasteiger partial charge in [0.25, 0.3) is 0 Å². The minimum Gasteiger partial charge on any atom is -0.394 e. The van der Waals surface area contributed by atoms with Crippen LogP contribution in [-0.4, -0.2) is 48.3 Å². The van der Waals surface area contributed by atoms with Crippen molar-refractivity contribution in [2.45, 2.75) is 25.4 Å². The molecule has 1 amide bonds. The van der Waals surface area contributed by atoms with Gasteiger partial charge in [0.1, 0.15) is 0 Å². The summed E-state index contributed by atoms with van der Waals surface area (Å²) < 4.78 is 5.41. The van der Waals surface area contributed by atoms with Crippen LogP contribution in [0, 0.1) is 5.92 Å². The number of carbonyl (C=O) groups excluding carboxylic acids is 1. The van der Waals surface area contributed by atoms with E-state index < -0.39 is 0 Å². The van der Waals surface area contributed by atoms with Crippen LogP contribution in [0.5, 0.6) is 0 Å². The highest BCUT2D eigenvalue weighted by molar-refractivity contribution is 5.79. The fourth-order valence-corrected chi connectivity index (χ4v) is 3.20. The number of aliphatic hydroxyl groups excluding tert-OH is 1. The number of ether oxygens (including phenoxy) is 1. The molecule has 1 heterocycles. The van der Waals surface area contributed by atoms with Gasteiger partial charge in [-0.25, -0.2) is 0 Å². The van der Waals surface area contributed by atoms with Crippen molar-refractivity contribution in [2.24, 2.45) is 5.92 Å². The molecule has 2 aliphatic rings. The number of rotatable bonds is 2. The SMILES string of the molecule is O=C(C1CCc2ccccc2C1)N1CCOC(CO)C1. The number of aliphatic hydroxyl groups is 1. The second kappa shape index (κ2) is 5.94. The zero-order valence-electron chi connectivity index (χ0n) is 11.6. The molecule has 20 heavy (non-hydrogen) atoms. The van der Waals surface area contributed by atoms with Crippen LogP contribution in [0.1, 0.15) is 17.5 Å². The molecule has 0 spiro atoms. The number of carbonyl (C=O) groups is 1. The first-order valence-electron chi connectivity index (χ1n) is 7.36. The Labute approximate surface area is 119 Å². The van der Waals surface area contributed by atoms with Crippen LogP contribution >= 0.6 is 0 Å². The summed E-state index contributed by atoms with van der Waals surface area (Å²) in [6.07, 6.45) is 2.54. The number of hydrogen-bond donors (Lipinski definition) is 1. The van der Waals surface area contributed by atoms with E-state index in [4.69, 9.17) is 9.84 Å². The molecule has 0 radical (unpaired) electrons. The Balaban J connectivity index is 1.67. The fraction of sp³-hybridized carbons (Fsp3) is 0.562. The molecule has 4 nitrogen and oxygen atoms in total. The highest BCUT2D eigenvalue weighted by atomic mass is 16.5. The Hall–Kier alpha value is -1.39. The average molecular weight is 275 g/mol. The molecular formula is C16H21NO3. The van der Waals surface area contributed by atoms with E-state index in [9.17, 15) is 4.79 Å². The summed E-state index contributed by atoms with van der Waals surface area (Å²) in [5, 5.41) is 9.17. The molecule has 1 fully saturated rings. The number of hydrogen-bond acceptors (Lipinski definition) is 3. The third kappa shape index (κ3) is 2.72. The Morgan fingerprint density at radius 2 is 2.15 bits per heavy atom. The summed E-state index contributed by atoms with van der Waals surface area (Å²) >= 11 is 0. The summed E-state index contributed by atoms with van der Waals surface area (Å²) in [6.45, 7) is 1.68. The monoisotopic (exact) mass is 275 g/mol. The topological polar surface area (TPSA) is 49.8 Å². The normalized spacial score (nSPS) is 26.1. The molecule has 2 unspecified atom stereocenters. The molecule has 0 bridgehead atoms. The largest absolute Gasteiger partial charge is 0.394 e. The summed E-state index contributed by atoms with van der Waals surface area (Å²) in [5.41, 5.74) is 2.69. The lowest BCUT2D eigenvalue weighted by molar-refractivity contribution is -0.144. The Morgan fingerprint density at radius 3 is 2.95 bits per heavy atom. The molecule has 0 saturated carbocycles. The second-order valence-corrected chi connectivity index (χ2v) is 5.67. The van der Waals surface area contributed by atoms with Crippen LogP contribution in [0.3, 0.4) is 0 Å². The van der Waals surface area contributed by atoms with Crippen LogP contribution in [0.15, 0.2) is 24.3 Å². The maximum atomic E-state index is 12.6. The third-order valence-corrected chi connectivity index (χ3v) is 4.35. The summed E-state index contributed by atoms with van der Waals surface area (Å²) in [5.74, 6) is 0.309. The molecular weight excluding hydrogens is 254 g/mol. The minimum atomic E-state index is -0.219. The van der Waals surface area contributed by atoms with Gasteiger partial charge in [-0.2, -0.15) is 0 Å². The van der Waals surface area contributed by atoms with E-state index in [0.29, 0.717) is 19.7 Å². The maximum absolute atomic E-state index is 12.6. The van der Waals surface area contributed by atoms with Crippen molar-refractivity contribution < 1.29 is 14.6 Å². The van der Waals surface area contributed by atoms with E-state index in [1.807, 2.05) is 11.0 Å². The lowest BCUT2D eigenvalue weighted by atomic mass is 9.83. The number of fused-ring (bicyclic) bond motifs is 1. The van der Waals surface area contributed by atoms with Gasteiger partial charge in [-0.15, -0.1) is 0 Å². The smallest absolute Gasteiger partial charge is 0.226 e. The van der Waals surface area contributed by atoms with Gasteiger partial charge in [0.05, 0.1) is 19.3 Å². The van der Waals surface area contributed by atoms with Crippen molar-refractivity contribution in [3.8, 4) is 0 Å². The summed E-state index contributed by atoms with van der Waals surface area (Å²) in [6, 6.07) is 8.40. The van der Waals surface area contributed by atoms with Crippen LogP contribution < -0.4 is 0 Å². The van der Waals surface area contributed by atoms with Gasteiger partial charge in [-0.3, -0.25) is 4.79 Å². The van der Waals surface area contributed by atoms with Crippen molar-refractivity contribution in [1.29, 1.82) is 0 Å². The Kier molecular flexibility index (Phi) is 4.03. The third-order valence-electron chi connectivity index (χ3n) is 4.35. The fourth-order valence-electron chi connectivity index (χ4n) is 3.20. The summed E-state index contributed by atoms with van der Waals surface area (Å²) in [4.78, 5) is 14.5. The number of nitrogens with zero attached hydrogens (tertiary/aromatic N) is 1.